The Labute approximate surface area is 314 Å². The quantitative estimate of drug-likeness (QED) is 0.302. The predicted octanol–water partition coefficient (Wildman–Crippen LogP) is 4.59. The molecule has 3 N–H and O–H groups in total. The van der Waals surface area contributed by atoms with Crippen molar-refractivity contribution >= 4 is 17.2 Å². The third-order valence-electron chi connectivity index (χ3n) is 15.5. The molecule has 7 aliphatic rings. The summed E-state index contributed by atoms with van der Waals surface area (Å²) in [6, 6.07) is 12.5. The predicted molar refractivity (Wildman–Crippen MR) is 205 cm³/mol. The first-order valence-corrected chi connectivity index (χ1v) is 20.0. The van der Waals surface area contributed by atoms with Crippen LogP contribution in [0.1, 0.15) is 81.5 Å². The van der Waals surface area contributed by atoms with Gasteiger partial charge in [0.15, 0.2) is 0 Å². The van der Waals surface area contributed by atoms with Crippen LogP contribution in [0.25, 0.3) is 5.57 Å². The Morgan fingerprint density at radius 1 is 1.02 bits per heavy atom. The summed E-state index contributed by atoms with van der Waals surface area (Å²) in [6.07, 6.45) is 8.08. The van der Waals surface area contributed by atoms with Crippen molar-refractivity contribution < 1.29 is 29.6 Å². The van der Waals surface area contributed by atoms with E-state index in [2.05, 4.69) is 77.1 Å². The molecule has 1 unspecified atom stereocenters. The van der Waals surface area contributed by atoms with Crippen molar-refractivity contribution in [1.82, 2.24) is 9.80 Å². The molecule has 2 aromatic rings. The molecule has 9 heteroatoms. The van der Waals surface area contributed by atoms with E-state index in [-0.39, 0.29) is 17.9 Å². The molecular formula is C44H57N3O6. The number of anilines is 1. The van der Waals surface area contributed by atoms with Crippen LogP contribution in [0.15, 0.2) is 54.1 Å². The normalized spacial score (nSPS) is 41.1. The molecule has 3 fully saturated rings. The van der Waals surface area contributed by atoms with Crippen LogP contribution < -0.4 is 9.64 Å². The fourth-order valence-corrected chi connectivity index (χ4v) is 13.5. The number of hydrogen-bond donors (Lipinski definition) is 3. The molecule has 2 bridgehead atoms. The van der Waals surface area contributed by atoms with Crippen molar-refractivity contribution in [3.63, 3.8) is 0 Å². The summed E-state index contributed by atoms with van der Waals surface area (Å²) in [5.41, 5.74) is 2.98. The number of hydrogen-bond acceptors (Lipinski definition) is 9. The second kappa shape index (κ2) is 11.9. The van der Waals surface area contributed by atoms with Gasteiger partial charge < -0.3 is 29.7 Å². The van der Waals surface area contributed by atoms with Gasteiger partial charge in [0, 0.05) is 67.4 Å². The summed E-state index contributed by atoms with van der Waals surface area (Å²) < 4.78 is 12.4. The number of likely N-dealkylation sites (N-methyl/N-ethyl adjacent to an activating group) is 1. The summed E-state index contributed by atoms with van der Waals surface area (Å²) in [7, 11) is 5.24. The van der Waals surface area contributed by atoms with Crippen molar-refractivity contribution in [2.45, 2.75) is 106 Å². The first kappa shape index (κ1) is 35.5. The van der Waals surface area contributed by atoms with E-state index in [9.17, 15) is 15.3 Å². The highest BCUT2D eigenvalue weighted by Crippen LogP contribution is 2.67. The smallest absolute Gasteiger partial charge is 0.320 e. The molecule has 2 aliphatic carbocycles. The number of methoxy groups -OCH3 is 2. The van der Waals surface area contributed by atoms with Crippen molar-refractivity contribution in [3.8, 4) is 5.75 Å². The third kappa shape index (κ3) is 4.46. The van der Waals surface area contributed by atoms with Crippen molar-refractivity contribution in [2.75, 3.05) is 58.9 Å². The summed E-state index contributed by atoms with van der Waals surface area (Å²) in [5, 5.41) is 36.8. The summed E-state index contributed by atoms with van der Waals surface area (Å²) in [4.78, 5) is 22.3. The van der Waals surface area contributed by atoms with E-state index in [1.807, 2.05) is 14.0 Å². The lowest BCUT2D eigenvalue weighted by molar-refractivity contribution is -0.190. The van der Waals surface area contributed by atoms with Gasteiger partial charge in [0.25, 0.3) is 0 Å². The number of piperidine rings is 1. The Balaban J connectivity index is 1.33. The molecule has 1 saturated carbocycles. The molecule has 1 spiro atoms. The number of rotatable bonds is 5. The number of nitrogens with zero attached hydrogens (tertiary/aromatic N) is 3. The molecular weight excluding hydrogens is 666 g/mol. The standard InChI is InChI=1S/C44H57N3O6/c1-7-41(51)23-27-24-44(39(49)53-6,31-20-28-12-9-10-13-29(28)30(31)14-18-46(25-27)26-41)33-21-32-34(22-35(33)52-5)45(4)36-40(3,50)38(48)42(8-2)15-11-17-47-19-16-43(32,36)37(42)47/h9-13,15,21-22,27,36-38,48,50-51H,7-8,14,16-20,23-26H2,1-6H3/t27-,36+,37+,38+,40+,41+,42-,43+,44-/m1/s1. The minimum absolute atomic E-state index is 0.0265. The summed E-state index contributed by atoms with van der Waals surface area (Å²) in [5.74, 6) is 0.355. The molecule has 2 aromatic carbocycles. The van der Waals surface area contributed by atoms with Gasteiger partial charge in [-0.2, -0.15) is 0 Å². The van der Waals surface area contributed by atoms with Gasteiger partial charge in [-0.05, 0) is 98.2 Å². The number of fused-ring (bicyclic) bond motifs is 5. The van der Waals surface area contributed by atoms with Gasteiger partial charge in [-0.3, -0.25) is 14.6 Å². The lowest BCUT2D eigenvalue weighted by Gasteiger charge is -2.63. The largest absolute Gasteiger partial charge is 0.496 e. The SMILES string of the molecule is CC[C@]1(O)C[C@H]2CN(CCC3=C(Cc4ccccc43)[C@@](C(=O)OC)(c3cc4c(cc3OC)N(C)[C@H]3[C@](C)(O)[C@H](O)[C@]5(CC)C=CCN6CC[C@]43[C@@H]65)C2)C1. The zero-order valence-corrected chi connectivity index (χ0v) is 32.3. The van der Waals surface area contributed by atoms with Crippen LogP contribution in [-0.2, 0) is 26.8 Å². The number of benzene rings is 2. The minimum Gasteiger partial charge on any atom is -0.496 e. The highest BCUT2D eigenvalue weighted by molar-refractivity contribution is 5.95. The monoisotopic (exact) mass is 723 g/mol. The molecule has 10 atom stereocenters. The number of carbonyl (C=O) groups is 1. The van der Waals surface area contributed by atoms with Crippen molar-refractivity contribution in [3.05, 3.63) is 76.4 Å². The lowest BCUT2D eigenvalue weighted by atomic mass is 9.48. The average Bonchev–Trinajstić information content (AvgIpc) is 3.82. The third-order valence-corrected chi connectivity index (χ3v) is 15.5. The van der Waals surface area contributed by atoms with Gasteiger partial charge in [0.1, 0.15) is 16.8 Å². The van der Waals surface area contributed by atoms with Crippen LogP contribution in [0.4, 0.5) is 5.69 Å². The maximum Gasteiger partial charge on any atom is 0.320 e. The second-order valence-electron chi connectivity index (χ2n) is 17.8. The molecule has 53 heavy (non-hydrogen) atoms. The maximum absolute atomic E-state index is 15.2. The first-order chi connectivity index (χ1) is 25.3. The van der Waals surface area contributed by atoms with Crippen LogP contribution in [-0.4, -0.2) is 114 Å². The highest BCUT2D eigenvalue weighted by Gasteiger charge is 2.75. The number of ether oxygens (including phenoxy) is 2. The molecule has 5 heterocycles. The van der Waals surface area contributed by atoms with Gasteiger partial charge in [0.05, 0.1) is 32.0 Å². The maximum atomic E-state index is 15.2. The van der Waals surface area contributed by atoms with Gasteiger partial charge in [-0.25, -0.2) is 0 Å². The zero-order valence-electron chi connectivity index (χ0n) is 32.3. The van der Waals surface area contributed by atoms with Crippen molar-refractivity contribution in [1.29, 1.82) is 0 Å². The minimum atomic E-state index is -1.43. The van der Waals surface area contributed by atoms with Crippen LogP contribution in [0.5, 0.6) is 5.75 Å². The Morgan fingerprint density at radius 2 is 1.81 bits per heavy atom. The van der Waals surface area contributed by atoms with E-state index >= 15 is 4.79 Å². The number of esters is 1. The molecule has 0 radical (unpaired) electrons. The van der Waals surface area contributed by atoms with E-state index in [0.717, 1.165) is 61.4 Å². The molecule has 0 aromatic heterocycles. The van der Waals surface area contributed by atoms with Gasteiger partial charge in [-0.15, -0.1) is 0 Å². The van der Waals surface area contributed by atoms with E-state index in [0.29, 0.717) is 44.4 Å². The molecule has 0 amide bonds. The first-order valence-electron chi connectivity index (χ1n) is 20.0. The van der Waals surface area contributed by atoms with Crippen molar-refractivity contribution in [2.24, 2.45) is 11.3 Å². The van der Waals surface area contributed by atoms with E-state index in [4.69, 9.17) is 9.47 Å². The number of aliphatic hydroxyl groups is 3. The van der Waals surface area contributed by atoms with E-state index < -0.39 is 39.6 Å². The molecule has 5 aliphatic heterocycles. The summed E-state index contributed by atoms with van der Waals surface area (Å²) in [6.45, 7) is 9.92. The molecule has 9 rings (SSSR count). The Bertz CT molecular complexity index is 1920. The zero-order chi connectivity index (χ0) is 37.3. The van der Waals surface area contributed by atoms with Crippen LogP contribution in [0.3, 0.4) is 0 Å². The summed E-state index contributed by atoms with van der Waals surface area (Å²) >= 11 is 0. The van der Waals surface area contributed by atoms with Crippen LogP contribution in [0, 0.1) is 11.3 Å². The van der Waals surface area contributed by atoms with Gasteiger partial charge in [-0.1, -0.05) is 50.3 Å². The van der Waals surface area contributed by atoms with E-state index in [1.165, 1.54) is 23.8 Å². The fraction of sp³-hybridized carbons (Fsp3) is 0.614. The average molecular weight is 724 g/mol. The topological polar surface area (TPSA) is 106 Å². The lowest BCUT2D eigenvalue weighted by Crippen LogP contribution is -2.77. The van der Waals surface area contributed by atoms with Gasteiger partial charge >= 0.3 is 5.97 Å². The van der Waals surface area contributed by atoms with Gasteiger partial charge in [0.2, 0.25) is 0 Å². The van der Waals surface area contributed by atoms with E-state index in [1.54, 1.807) is 7.11 Å². The molecule has 2 saturated heterocycles. The highest BCUT2D eigenvalue weighted by atomic mass is 16.5. The molecule has 284 valence electrons. The number of aliphatic hydroxyl groups excluding tert-OH is 1. The second-order valence-corrected chi connectivity index (χ2v) is 17.8. The Kier molecular flexibility index (Phi) is 7.96. The Morgan fingerprint density at radius 3 is 2.55 bits per heavy atom. The van der Waals surface area contributed by atoms with Crippen LogP contribution in [0.2, 0.25) is 0 Å². The fourth-order valence-electron chi connectivity index (χ4n) is 13.5. The van der Waals surface area contributed by atoms with Crippen LogP contribution >= 0.6 is 0 Å². The molecule has 9 nitrogen and oxygen atoms in total. The number of carbonyl (C=O) groups excluding carboxylic acids is 1. The Hall–Kier alpha value is -3.21.